The van der Waals surface area contributed by atoms with Crippen molar-refractivity contribution in [2.75, 3.05) is 19.8 Å². The van der Waals surface area contributed by atoms with E-state index in [1.54, 1.807) is 0 Å². The number of hydrogen-bond donors (Lipinski definition) is 1. The molecule has 0 bridgehead atoms. The van der Waals surface area contributed by atoms with Crippen LogP contribution in [-0.4, -0.2) is 46.6 Å². The van der Waals surface area contributed by atoms with Gasteiger partial charge in [-0.1, -0.05) is 0 Å². The van der Waals surface area contributed by atoms with Crippen LogP contribution < -0.4 is 0 Å². The molecule has 1 aromatic heterocycles. The van der Waals surface area contributed by atoms with E-state index in [9.17, 15) is 14.0 Å². The van der Waals surface area contributed by atoms with Gasteiger partial charge < -0.3 is 14.4 Å². The van der Waals surface area contributed by atoms with Gasteiger partial charge in [0.1, 0.15) is 18.4 Å². The molecule has 1 aliphatic heterocycles. The van der Waals surface area contributed by atoms with Crippen molar-refractivity contribution in [2.45, 2.75) is 25.2 Å². The van der Waals surface area contributed by atoms with E-state index in [1.807, 2.05) is 0 Å². The summed E-state index contributed by atoms with van der Waals surface area (Å²) in [5.74, 6) is -0.729. The highest BCUT2D eigenvalue weighted by molar-refractivity contribution is 5.93. The molecule has 1 amide bonds. The molecule has 2 heterocycles. The largest absolute Gasteiger partial charge is 0.481 e. The van der Waals surface area contributed by atoms with Gasteiger partial charge in [-0.25, -0.2) is 9.37 Å². The monoisotopic (exact) mass is 282 g/mol. The summed E-state index contributed by atoms with van der Waals surface area (Å²) in [7, 11) is 0. The van der Waals surface area contributed by atoms with Gasteiger partial charge in [-0.05, 0) is 19.3 Å². The number of nitrogens with zero attached hydrogens (tertiary/aromatic N) is 2. The van der Waals surface area contributed by atoms with E-state index in [4.69, 9.17) is 9.52 Å². The summed E-state index contributed by atoms with van der Waals surface area (Å²) in [6.45, 7) is -0.873. The first-order valence-corrected chi connectivity index (χ1v) is 6.60. The maximum absolute atomic E-state index is 13.0. The van der Waals surface area contributed by atoms with Crippen molar-refractivity contribution in [1.82, 2.24) is 9.88 Å². The van der Waals surface area contributed by atoms with Gasteiger partial charge in [0.25, 0.3) is 5.91 Å². The van der Waals surface area contributed by atoms with E-state index >= 15 is 0 Å². The first-order valence-electron chi connectivity index (χ1n) is 6.60. The summed E-state index contributed by atoms with van der Waals surface area (Å²) in [6, 6.07) is 0. The number of carboxylic acid groups (broad SMARTS) is 1. The number of carbonyl (C=O) groups is 2. The first kappa shape index (κ1) is 13.1. The molecular weight excluding hydrogens is 267 g/mol. The molecular formula is C13H15FN2O4. The number of alkyl halides is 1. The van der Waals surface area contributed by atoms with Crippen LogP contribution in [0.4, 0.5) is 4.39 Å². The zero-order valence-corrected chi connectivity index (χ0v) is 10.8. The second-order valence-electron chi connectivity index (χ2n) is 5.54. The van der Waals surface area contributed by atoms with Crippen molar-refractivity contribution in [2.24, 2.45) is 5.41 Å². The zero-order valence-electron chi connectivity index (χ0n) is 10.8. The van der Waals surface area contributed by atoms with Crippen LogP contribution in [0.1, 0.15) is 41.6 Å². The van der Waals surface area contributed by atoms with Crippen LogP contribution in [0.15, 0.2) is 10.7 Å². The molecule has 0 radical (unpaired) electrons. The van der Waals surface area contributed by atoms with Crippen molar-refractivity contribution in [3.05, 3.63) is 17.8 Å². The molecule has 1 saturated carbocycles. The van der Waals surface area contributed by atoms with Gasteiger partial charge in [-0.3, -0.25) is 9.59 Å². The van der Waals surface area contributed by atoms with Gasteiger partial charge in [-0.15, -0.1) is 0 Å². The standard InChI is InChI=1S/C13H15FN2O4/c14-6-13(12(18)19)3-4-16(7-13)11(17)9-5-20-10(15-9)8-1-2-8/h5,8H,1-4,6-7H2,(H,18,19). The molecule has 2 aliphatic rings. The molecule has 0 aromatic carbocycles. The molecule has 1 atom stereocenters. The quantitative estimate of drug-likeness (QED) is 0.903. The number of aliphatic carboxylic acids is 1. The SMILES string of the molecule is O=C(c1coc(C2CC2)n1)N1CCC(CF)(C(=O)O)C1. The Morgan fingerprint density at radius 1 is 1.55 bits per heavy atom. The van der Waals surface area contributed by atoms with E-state index in [2.05, 4.69) is 4.98 Å². The summed E-state index contributed by atoms with van der Waals surface area (Å²) in [5.41, 5.74) is -1.30. The number of oxazole rings is 1. The normalized spacial score (nSPS) is 25.9. The predicted molar refractivity (Wildman–Crippen MR) is 65.0 cm³/mol. The number of rotatable bonds is 4. The fourth-order valence-electron chi connectivity index (χ4n) is 2.45. The number of carbonyl (C=O) groups excluding carboxylic acids is 1. The summed E-state index contributed by atoms with van der Waals surface area (Å²) < 4.78 is 18.3. The first-order chi connectivity index (χ1) is 9.55. The van der Waals surface area contributed by atoms with Crippen LogP contribution in [0.5, 0.6) is 0 Å². The number of likely N-dealkylation sites (tertiary alicyclic amines) is 1. The molecule has 108 valence electrons. The van der Waals surface area contributed by atoms with Gasteiger partial charge in [-0.2, -0.15) is 0 Å². The molecule has 7 heteroatoms. The fourth-order valence-corrected chi connectivity index (χ4v) is 2.45. The van der Waals surface area contributed by atoms with Crippen molar-refractivity contribution in [1.29, 1.82) is 0 Å². The maximum atomic E-state index is 13.0. The smallest absolute Gasteiger partial charge is 0.314 e. The molecule has 0 spiro atoms. The molecule has 1 unspecified atom stereocenters. The lowest BCUT2D eigenvalue weighted by Crippen LogP contribution is -2.38. The minimum absolute atomic E-state index is 0.122. The average molecular weight is 282 g/mol. The van der Waals surface area contributed by atoms with Crippen molar-refractivity contribution >= 4 is 11.9 Å². The number of halogens is 1. The molecule has 1 aromatic rings. The Labute approximate surface area is 114 Å². The number of aromatic nitrogens is 1. The second kappa shape index (κ2) is 4.57. The second-order valence-corrected chi connectivity index (χ2v) is 5.54. The highest BCUT2D eigenvalue weighted by Gasteiger charge is 2.47. The number of amides is 1. The van der Waals surface area contributed by atoms with Crippen LogP contribution in [0.25, 0.3) is 0 Å². The Kier molecular flexibility index (Phi) is 2.99. The lowest BCUT2D eigenvalue weighted by Gasteiger charge is -2.20. The Balaban J connectivity index is 1.73. The van der Waals surface area contributed by atoms with Crippen molar-refractivity contribution < 1.29 is 23.5 Å². The molecule has 1 aliphatic carbocycles. The van der Waals surface area contributed by atoms with E-state index in [0.717, 1.165) is 12.8 Å². The van der Waals surface area contributed by atoms with E-state index in [-0.39, 0.29) is 25.2 Å². The lowest BCUT2D eigenvalue weighted by atomic mass is 9.89. The summed E-state index contributed by atoms with van der Waals surface area (Å²) in [5, 5.41) is 9.11. The van der Waals surface area contributed by atoms with Gasteiger partial charge in [0.15, 0.2) is 11.6 Å². The number of hydrogen-bond acceptors (Lipinski definition) is 4. The van der Waals surface area contributed by atoms with Crippen LogP contribution in [0.3, 0.4) is 0 Å². The van der Waals surface area contributed by atoms with Gasteiger partial charge in [0.2, 0.25) is 0 Å². The summed E-state index contributed by atoms with van der Waals surface area (Å²) >= 11 is 0. The van der Waals surface area contributed by atoms with Crippen LogP contribution in [0, 0.1) is 5.41 Å². The molecule has 2 fully saturated rings. The van der Waals surface area contributed by atoms with E-state index in [1.165, 1.54) is 11.2 Å². The third-order valence-corrected chi connectivity index (χ3v) is 4.02. The van der Waals surface area contributed by atoms with Gasteiger partial charge >= 0.3 is 5.97 Å². The third kappa shape index (κ3) is 2.07. The Morgan fingerprint density at radius 2 is 2.30 bits per heavy atom. The highest BCUT2D eigenvalue weighted by Crippen LogP contribution is 2.39. The topological polar surface area (TPSA) is 83.6 Å². The summed E-state index contributed by atoms with van der Waals surface area (Å²) in [4.78, 5) is 28.8. The molecule has 1 saturated heterocycles. The average Bonchev–Trinajstić information content (AvgIpc) is 3.02. The number of carboxylic acids is 1. The Bertz CT molecular complexity index is 554. The lowest BCUT2D eigenvalue weighted by molar-refractivity contribution is -0.149. The minimum atomic E-state index is -1.47. The van der Waals surface area contributed by atoms with Gasteiger partial charge in [0.05, 0.1) is 0 Å². The maximum Gasteiger partial charge on any atom is 0.314 e. The van der Waals surface area contributed by atoms with Gasteiger partial charge in [0, 0.05) is 19.0 Å². The predicted octanol–water partition coefficient (Wildman–Crippen LogP) is 1.44. The minimum Gasteiger partial charge on any atom is -0.481 e. The van der Waals surface area contributed by atoms with E-state index < -0.39 is 24.0 Å². The van der Waals surface area contributed by atoms with Crippen molar-refractivity contribution in [3.63, 3.8) is 0 Å². The summed E-state index contributed by atoms with van der Waals surface area (Å²) in [6.07, 6.45) is 3.45. The molecule has 1 N–H and O–H groups in total. The van der Waals surface area contributed by atoms with Crippen LogP contribution >= 0.6 is 0 Å². The zero-order chi connectivity index (χ0) is 14.3. The Morgan fingerprint density at radius 3 is 2.85 bits per heavy atom. The Hall–Kier alpha value is -1.92. The van der Waals surface area contributed by atoms with Crippen molar-refractivity contribution in [3.8, 4) is 0 Å². The third-order valence-electron chi connectivity index (χ3n) is 4.02. The van der Waals surface area contributed by atoms with E-state index in [0.29, 0.717) is 11.8 Å². The molecule has 20 heavy (non-hydrogen) atoms. The fraction of sp³-hybridized carbons (Fsp3) is 0.615. The molecule has 3 rings (SSSR count). The highest BCUT2D eigenvalue weighted by atomic mass is 19.1. The molecule has 6 nitrogen and oxygen atoms in total. The van der Waals surface area contributed by atoms with Crippen LogP contribution in [-0.2, 0) is 4.79 Å². The van der Waals surface area contributed by atoms with Crippen LogP contribution in [0.2, 0.25) is 0 Å².